The normalized spacial score (nSPS) is 16.0. The lowest BCUT2D eigenvalue weighted by molar-refractivity contribution is -0.137. The summed E-state index contributed by atoms with van der Waals surface area (Å²) >= 11 is 0. The lowest BCUT2D eigenvalue weighted by Crippen LogP contribution is -2.43. The highest BCUT2D eigenvalue weighted by molar-refractivity contribution is 6.13. The Balaban J connectivity index is 1.60. The van der Waals surface area contributed by atoms with Gasteiger partial charge in [0.2, 0.25) is 5.88 Å². The maximum Gasteiger partial charge on any atom is 0.416 e. The lowest BCUT2D eigenvalue weighted by Gasteiger charge is -2.32. The number of rotatable bonds is 4. The average molecular weight is 445 g/mol. The van der Waals surface area contributed by atoms with Crippen molar-refractivity contribution < 1.29 is 27.5 Å². The number of hydrogen-bond donors (Lipinski definition) is 1. The summed E-state index contributed by atoms with van der Waals surface area (Å²) in [6.45, 7) is 2.04. The summed E-state index contributed by atoms with van der Waals surface area (Å²) in [5, 5.41) is 6.86. The van der Waals surface area contributed by atoms with E-state index in [4.69, 9.17) is 4.74 Å². The second-order valence-corrected chi connectivity index (χ2v) is 7.20. The highest BCUT2D eigenvalue weighted by Crippen LogP contribution is 2.33. The van der Waals surface area contributed by atoms with Gasteiger partial charge in [-0.2, -0.15) is 18.3 Å². The van der Waals surface area contributed by atoms with Crippen molar-refractivity contribution in [2.45, 2.75) is 19.1 Å². The predicted molar refractivity (Wildman–Crippen MR) is 109 cm³/mol. The van der Waals surface area contributed by atoms with Gasteiger partial charge in [0.1, 0.15) is 0 Å². The minimum atomic E-state index is -4.47. The van der Waals surface area contributed by atoms with Gasteiger partial charge in [-0.25, -0.2) is 4.98 Å². The van der Waals surface area contributed by atoms with Crippen molar-refractivity contribution in [3.63, 3.8) is 0 Å². The number of nitrogens with one attached hydrogen (secondary N) is 1. The summed E-state index contributed by atoms with van der Waals surface area (Å²) in [6.07, 6.45) is -1.76. The molecule has 11 heteroatoms. The monoisotopic (exact) mass is 445 g/mol. The van der Waals surface area contributed by atoms with Gasteiger partial charge in [-0.05, 0) is 37.3 Å². The maximum atomic E-state index is 13.2. The molecule has 0 spiro atoms. The van der Waals surface area contributed by atoms with Crippen molar-refractivity contribution in [2.75, 3.05) is 23.9 Å². The van der Waals surface area contributed by atoms with Gasteiger partial charge in [0.15, 0.2) is 5.69 Å². The van der Waals surface area contributed by atoms with Gasteiger partial charge < -0.3 is 15.0 Å². The largest absolute Gasteiger partial charge is 0.481 e. The number of aromatic nitrogens is 3. The molecule has 2 aromatic heterocycles. The number of fused-ring (bicyclic) bond motifs is 1. The van der Waals surface area contributed by atoms with E-state index >= 15 is 0 Å². The minimum absolute atomic E-state index is 0.137. The van der Waals surface area contributed by atoms with Crippen molar-refractivity contribution in [1.29, 1.82) is 0 Å². The number of pyridine rings is 1. The molecular formula is C21H18F3N5O3. The maximum absolute atomic E-state index is 13.2. The van der Waals surface area contributed by atoms with Crippen molar-refractivity contribution in [1.82, 2.24) is 14.8 Å². The van der Waals surface area contributed by atoms with Gasteiger partial charge in [0, 0.05) is 24.5 Å². The molecule has 0 saturated carbocycles. The Kier molecular flexibility index (Phi) is 5.33. The molecule has 0 aliphatic carbocycles. The van der Waals surface area contributed by atoms with Crippen LogP contribution in [0.1, 0.15) is 39.4 Å². The zero-order valence-electron chi connectivity index (χ0n) is 17.1. The summed E-state index contributed by atoms with van der Waals surface area (Å²) in [4.78, 5) is 31.1. The number of alkyl halides is 3. The lowest BCUT2D eigenvalue weighted by atomic mass is 10.1. The molecule has 1 N–H and O–H groups in total. The molecule has 1 unspecified atom stereocenters. The Morgan fingerprint density at radius 2 is 1.88 bits per heavy atom. The number of anilines is 2. The minimum Gasteiger partial charge on any atom is -0.481 e. The van der Waals surface area contributed by atoms with E-state index in [0.29, 0.717) is 11.6 Å². The fourth-order valence-electron chi connectivity index (χ4n) is 3.44. The number of hydrogen-bond acceptors (Lipinski definition) is 5. The van der Waals surface area contributed by atoms with E-state index in [0.717, 1.165) is 12.1 Å². The SMILES string of the molecule is COc1ccc(C(=O)Nc2cnn3c2C(=O)N(c2ccc(C(F)(F)F)cc2)CC3C)cn1. The van der Waals surface area contributed by atoms with Gasteiger partial charge in [-0.1, -0.05) is 0 Å². The number of benzene rings is 1. The van der Waals surface area contributed by atoms with Crippen molar-refractivity contribution >= 4 is 23.2 Å². The third-order valence-corrected chi connectivity index (χ3v) is 5.07. The van der Waals surface area contributed by atoms with Gasteiger partial charge >= 0.3 is 6.18 Å². The number of carbonyl (C=O) groups is 2. The highest BCUT2D eigenvalue weighted by Gasteiger charge is 2.35. The molecule has 2 amide bonds. The first-order chi connectivity index (χ1) is 15.2. The van der Waals surface area contributed by atoms with E-state index in [-0.39, 0.29) is 29.5 Å². The van der Waals surface area contributed by atoms with Crippen LogP contribution in [0.5, 0.6) is 5.88 Å². The van der Waals surface area contributed by atoms with Crippen LogP contribution in [0, 0.1) is 0 Å². The molecule has 0 saturated heterocycles. The van der Waals surface area contributed by atoms with Crippen LogP contribution in [0.3, 0.4) is 0 Å². The molecule has 3 aromatic rings. The van der Waals surface area contributed by atoms with Crippen molar-refractivity contribution in [3.8, 4) is 5.88 Å². The molecule has 3 heterocycles. The Hall–Kier alpha value is -3.89. The first kappa shape index (κ1) is 21.3. The smallest absolute Gasteiger partial charge is 0.416 e. The molecule has 4 rings (SSSR count). The number of halogens is 3. The Morgan fingerprint density at radius 3 is 2.47 bits per heavy atom. The standard InChI is InChI=1S/C21H18F3N5O3/c1-12-11-28(15-6-4-14(5-7-15)21(22,23)24)20(31)18-16(10-26-29(12)18)27-19(30)13-3-8-17(32-2)25-9-13/h3-10,12H,11H2,1-2H3,(H,27,30). The fraction of sp³-hybridized carbons (Fsp3) is 0.238. The van der Waals surface area contributed by atoms with Gasteiger partial charge in [0.05, 0.1) is 36.2 Å². The van der Waals surface area contributed by atoms with E-state index in [9.17, 15) is 22.8 Å². The molecule has 1 aliphatic heterocycles. The number of amides is 2. The molecule has 166 valence electrons. The summed E-state index contributed by atoms with van der Waals surface area (Å²) in [5.41, 5.74) is 0.100. The number of carbonyl (C=O) groups excluding carboxylic acids is 2. The van der Waals surface area contributed by atoms with Crippen LogP contribution in [0.4, 0.5) is 24.5 Å². The topological polar surface area (TPSA) is 89.3 Å². The summed E-state index contributed by atoms with van der Waals surface area (Å²) < 4.78 is 45.1. The second-order valence-electron chi connectivity index (χ2n) is 7.20. The molecular weight excluding hydrogens is 427 g/mol. The summed E-state index contributed by atoms with van der Waals surface area (Å²) in [5.74, 6) is -0.632. The molecule has 1 aliphatic rings. The Bertz CT molecular complexity index is 1160. The van der Waals surface area contributed by atoms with E-state index < -0.39 is 23.6 Å². The fourth-order valence-corrected chi connectivity index (χ4v) is 3.44. The second kappa shape index (κ2) is 7.98. The molecule has 0 fully saturated rings. The van der Waals surface area contributed by atoms with Crippen LogP contribution < -0.4 is 15.0 Å². The van der Waals surface area contributed by atoms with E-state index in [1.165, 1.54) is 53.4 Å². The van der Waals surface area contributed by atoms with E-state index in [1.54, 1.807) is 0 Å². The van der Waals surface area contributed by atoms with Crippen LogP contribution in [0.2, 0.25) is 0 Å². The summed E-state index contributed by atoms with van der Waals surface area (Å²) in [6, 6.07) is 7.15. The van der Waals surface area contributed by atoms with Gasteiger partial charge in [-0.3, -0.25) is 14.3 Å². The van der Waals surface area contributed by atoms with Gasteiger partial charge in [0.25, 0.3) is 11.8 Å². The zero-order valence-corrected chi connectivity index (χ0v) is 17.1. The third kappa shape index (κ3) is 3.88. The number of nitrogens with zero attached hydrogens (tertiary/aromatic N) is 4. The number of ether oxygens (including phenoxy) is 1. The Labute approximate surface area is 180 Å². The van der Waals surface area contributed by atoms with Crippen molar-refractivity contribution in [3.05, 3.63) is 65.6 Å². The van der Waals surface area contributed by atoms with E-state index in [1.807, 2.05) is 6.92 Å². The van der Waals surface area contributed by atoms with Crippen LogP contribution in [0.25, 0.3) is 0 Å². The molecule has 8 nitrogen and oxygen atoms in total. The molecule has 32 heavy (non-hydrogen) atoms. The zero-order chi connectivity index (χ0) is 23.0. The first-order valence-electron chi connectivity index (χ1n) is 9.57. The van der Waals surface area contributed by atoms with Crippen LogP contribution >= 0.6 is 0 Å². The first-order valence-corrected chi connectivity index (χ1v) is 9.57. The number of methoxy groups -OCH3 is 1. The predicted octanol–water partition coefficient (Wildman–Crippen LogP) is 3.78. The molecule has 0 bridgehead atoms. The molecule has 1 atom stereocenters. The quantitative estimate of drug-likeness (QED) is 0.660. The van der Waals surface area contributed by atoms with E-state index in [2.05, 4.69) is 15.4 Å². The van der Waals surface area contributed by atoms with Crippen LogP contribution in [-0.2, 0) is 6.18 Å². The molecule has 0 radical (unpaired) electrons. The van der Waals surface area contributed by atoms with Gasteiger partial charge in [-0.15, -0.1) is 0 Å². The van der Waals surface area contributed by atoms with Crippen LogP contribution in [-0.4, -0.2) is 40.2 Å². The third-order valence-electron chi connectivity index (χ3n) is 5.07. The average Bonchev–Trinajstić information content (AvgIpc) is 3.20. The highest BCUT2D eigenvalue weighted by atomic mass is 19.4. The summed E-state index contributed by atoms with van der Waals surface area (Å²) in [7, 11) is 1.45. The Morgan fingerprint density at radius 1 is 1.16 bits per heavy atom. The van der Waals surface area contributed by atoms with Crippen LogP contribution in [0.15, 0.2) is 48.8 Å². The van der Waals surface area contributed by atoms with Crippen molar-refractivity contribution in [2.24, 2.45) is 0 Å². The molecule has 1 aromatic carbocycles.